The number of halogens is 1. The van der Waals surface area contributed by atoms with Crippen molar-refractivity contribution in [2.45, 2.75) is 6.54 Å². The number of carbonyl (C=O) groups is 2. The molecule has 0 saturated carbocycles. The van der Waals surface area contributed by atoms with E-state index in [9.17, 15) is 14.0 Å². The molecule has 2 rings (SSSR count). The van der Waals surface area contributed by atoms with Crippen LogP contribution in [0.4, 0.5) is 10.1 Å². The summed E-state index contributed by atoms with van der Waals surface area (Å²) in [4.78, 5) is 26.6. The minimum atomic E-state index is -1.21. The lowest BCUT2D eigenvalue weighted by molar-refractivity contribution is 0.0696. The summed E-state index contributed by atoms with van der Waals surface area (Å²) in [6.07, 6.45) is 0. The summed E-state index contributed by atoms with van der Waals surface area (Å²) in [5.74, 6) is -2.56. The van der Waals surface area contributed by atoms with Gasteiger partial charge in [0.25, 0.3) is 5.91 Å². The third-order valence-corrected chi connectivity index (χ3v) is 3.29. The predicted octanol–water partition coefficient (Wildman–Crippen LogP) is 1.69. The lowest BCUT2D eigenvalue weighted by Crippen LogP contribution is -2.14. The molecule has 1 heterocycles. The number of nitrogens with zero attached hydrogens (tertiary/aromatic N) is 1. The van der Waals surface area contributed by atoms with Gasteiger partial charge >= 0.3 is 5.97 Å². The molecule has 0 spiro atoms. The molecule has 0 aliphatic carbocycles. The number of anilines is 1. The number of carbonyl (C=O) groups excluding carboxylic acids is 1. The van der Waals surface area contributed by atoms with Gasteiger partial charge in [-0.1, -0.05) is 0 Å². The van der Waals surface area contributed by atoms with Crippen LogP contribution in [0.15, 0.2) is 23.6 Å². The van der Waals surface area contributed by atoms with E-state index in [1.54, 1.807) is 0 Å². The monoisotopic (exact) mass is 295 g/mol. The highest BCUT2D eigenvalue weighted by Gasteiger charge is 2.14. The van der Waals surface area contributed by atoms with E-state index in [2.05, 4.69) is 10.3 Å². The third-order valence-electron chi connectivity index (χ3n) is 2.42. The normalized spacial score (nSPS) is 10.3. The fraction of sp³-hybridized carbons (Fsp3) is 0.0833. The number of rotatable bonds is 4. The summed E-state index contributed by atoms with van der Waals surface area (Å²) in [6.45, 7) is 0.209. The fourth-order valence-corrected chi connectivity index (χ4v) is 2.10. The van der Waals surface area contributed by atoms with Gasteiger partial charge in [-0.15, -0.1) is 11.3 Å². The molecule has 0 aliphatic heterocycles. The van der Waals surface area contributed by atoms with Gasteiger partial charge < -0.3 is 16.2 Å². The summed E-state index contributed by atoms with van der Waals surface area (Å²) < 4.78 is 13.5. The number of nitrogens with two attached hydrogens (primary N) is 1. The molecular weight excluding hydrogens is 285 g/mol. The first-order valence-electron chi connectivity index (χ1n) is 5.50. The van der Waals surface area contributed by atoms with E-state index in [0.29, 0.717) is 5.01 Å². The first-order chi connectivity index (χ1) is 9.51. The number of nitrogens with one attached hydrogen (secondary N) is 1. The maximum absolute atomic E-state index is 13.5. The molecule has 2 aromatic rings. The van der Waals surface area contributed by atoms with Crippen LogP contribution in [-0.4, -0.2) is 22.0 Å². The Morgan fingerprint density at radius 1 is 1.45 bits per heavy atom. The van der Waals surface area contributed by atoms with Crippen molar-refractivity contribution in [3.05, 3.63) is 45.7 Å². The average molecular weight is 295 g/mol. The highest BCUT2D eigenvalue weighted by molar-refractivity contribution is 7.09. The smallest absolute Gasteiger partial charge is 0.335 e. The molecule has 0 saturated heterocycles. The van der Waals surface area contributed by atoms with Gasteiger partial charge in [0.2, 0.25) is 0 Å². The number of benzene rings is 1. The maximum Gasteiger partial charge on any atom is 0.335 e. The van der Waals surface area contributed by atoms with Crippen LogP contribution in [0.1, 0.15) is 25.9 Å². The Kier molecular flexibility index (Phi) is 4.06. The molecule has 0 radical (unpaired) electrons. The minimum Gasteiger partial charge on any atom is -0.478 e. The Bertz CT molecular complexity index is 672. The van der Waals surface area contributed by atoms with Crippen LogP contribution in [0.5, 0.6) is 0 Å². The summed E-state index contributed by atoms with van der Waals surface area (Å²) in [6, 6.07) is 3.14. The van der Waals surface area contributed by atoms with Crippen LogP contribution in [-0.2, 0) is 6.54 Å². The Labute approximate surface area is 117 Å². The van der Waals surface area contributed by atoms with E-state index in [4.69, 9.17) is 10.8 Å². The number of aromatic carboxylic acids is 1. The third kappa shape index (κ3) is 2.98. The number of carboxylic acid groups (broad SMARTS) is 1. The van der Waals surface area contributed by atoms with Crippen LogP contribution in [0.3, 0.4) is 0 Å². The van der Waals surface area contributed by atoms with E-state index >= 15 is 0 Å². The van der Waals surface area contributed by atoms with Crippen molar-refractivity contribution < 1.29 is 19.1 Å². The Hall–Kier alpha value is -2.32. The van der Waals surface area contributed by atoms with Crippen molar-refractivity contribution in [1.82, 2.24) is 4.98 Å². The summed E-state index contributed by atoms with van der Waals surface area (Å²) in [5.41, 5.74) is 5.16. The largest absolute Gasteiger partial charge is 0.478 e. The van der Waals surface area contributed by atoms with Gasteiger partial charge in [0.05, 0.1) is 11.3 Å². The van der Waals surface area contributed by atoms with Crippen LogP contribution in [0, 0.1) is 5.82 Å². The zero-order chi connectivity index (χ0) is 14.7. The molecule has 0 bridgehead atoms. The second kappa shape index (κ2) is 5.76. The standard InChI is InChI=1S/C12H10FN3O3S/c13-7-2-1-6(12(18)19)3-8(7)16-11(17)9-5-20-10(4-14)15-9/h1-3,5H,4,14H2,(H,16,17)(H,18,19). The van der Waals surface area contributed by atoms with Crippen molar-refractivity contribution in [2.75, 3.05) is 5.32 Å². The lowest BCUT2D eigenvalue weighted by Gasteiger charge is -2.05. The van der Waals surface area contributed by atoms with Crippen molar-refractivity contribution in [2.24, 2.45) is 5.73 Å². The highest BCUT2D eigenvalue weighted by Crippen LogP contribution is 2.18. The molecule has 4 N–H and O–H groups in total. The van der Waals surface area contributed by atoms with Crippen LogP contribution < -0.4 is 11.1 Å². The molecule has 0 atom stereocenters. The van der Waals surface area contributed by atoms with Crippen LogP contribution in [0.25, 0.3) is 0 Å². The van der Waals surface area contributed by atoms with Gasteiger partial charge in [-0.3, -0.25) is 4.79 Å². The number of hydrogen-bond acceptors (Lipinski definition) is 5. The van der Waals surface area contributed by atoms with E-state index in [-0.39, 0.29) is 23.5 Å². The predicted molar refractivity (Wildman–Crippen MR) is 71.3 cm³/mol. The fourth-order valence-electron chi connectivity index (χ4n) is 1.45. The number of hydrogen-bond donors (Lipinski definition) is 3. The number of aromatic nitrogens is 1. The van der Waals surface area contributed by atoms with Crippen molar-refractivity contribution in [3.63, 3.8) is 0 Å². The average Bonchev–Trinajstić information content (AvgIpc) is 2.89. The molecule has 0 unspecified atom stereocenters. The molecule has 1 aromatic carbocycles. The van der Waals surface area contributed by atoms with Crippen molar-refractivity contribution in [3.8, 4) is 0 Å². The maximum atomic E-state index is 13.5. The van der Waals surface area contributed by atoms with Crippen LogP contribution >= 0.6 is 11.3 Å². The number of amides is 1. The minimum absolute atomic E-state index is 0.107. The van der Waals surface area contributed by atoms with Gasteiger partial charge in [0.15, 0.2) is 0 Å². The summed E-state index contributed by atoms with van der Waals surface area (Å²) in [5, 5.41) is 13.2. The van der Waals surface area contributed by atoms with Crippen molar-refractivity contribution >= 4 is 28.9 Å². The van der Waals surface area contributed by atoms with E-state index in [1.165, 1.54) is 16.7 Å². The van der Waals surface area contributed by atoms with E-state index in [0.717, 1.165) is 18.2 Å². The second-order valence-corrected chi connectivity index (χ2v) is 4.73. The van der Waals surface area contributed by atoms with Gasteiger partial charge in [0, 0.05) is 11.9 Å². The Balaban J connectivity index is 2.22. The molecular formula is C12H10FN3O3S. The first kappa shape index (κ1) is 14.1. The van der Waals surface area contributed by atoms with Gasteiger partial charge in [-0.2, -0.15) is 0 Å². The summed E-state index contributed by atoms with van der Waals surface area (Å²) >= 11 is 1.22. The Morgan fingerprint density at radius 3 is 2.80 bits per heavy atom. The molecule has 0 aliphatic rings. The SMILES string of the molecule is NCc1nc(C(=O)Nc2cc(C(=O)O)ccc2F)cs1. The van der Waals surface area contributed by atoms with Crippen LogP contribution in [0.2, 0.25) is 0 Å². The molecule has 8 heteroatoms. The van der Waals surface area contributed by atoms with Gasteiger partial charge in [0.1, 0.15) is 16.5 Å². The van der Waals surface area contributed by atoms with Crippen molar-refractivity contribution in [1.29, 1.82) is 0 Å². The Morgan fingerprint density at radius 2 is 2.20 bits per heavy atom. The van der Waals surface area contributed by atoms with E-state index in [1.807, 2.05) is 0 Å². The van der Waals surface area contributed by atoms with Gasteiger partial charge in [-0.25, -0.2) is 14.2 Å². The lowest BCUT2D eigenvalue weighted by atomic mass is 10.2. The van der Waals surface area contributed by atoms with Gasteiger partial charge in [-0.05, 0) is 18.2 Å². The number of carboxylic acids is 1. The number of thiazole rings is 1. The molecule has 0 fully saturated rings. The highest BCUT2D eigenvalue weighted by atomic mass is 32.1. The molecule has 104 valence electrons. The zero-order valence-electron chi connectivity index (χ0n) is 10.1. The molecule has 20 heavy (non-hydrogen) atoms. The molecule has 6 nitrogen and oxygen atoms in total. The summed E-state index contributed by atoms with van der Waals surface area (Å²) in [7, 11) is 0. The topological polar surface area (TPSA) is 105 Å². The first-order valence-corrected chi connectivity index (χ1v) is 6.38. The second-order valence-electron chi connectivity index (χ2n) is 3.78. The molecule has 1 aromatic heterocycles. The van der Waals surface area contributed by atoms with E-state index < -0.39 is 17.7 Å². The quantitative estimate of drug-likeness (QED) is 0.796. The zero-order valence-corrected chi connectivity index (χ0v) is 10.9. The molecule has 1 amide bonds.